The number of hydrogen-bond acceptors (Lipinski definition) is 6. The molecule has 0 radical (unpaired) electrons. The zero-order valence-electron chi connectivity index (χ0n) is 13.0. The number of benzene rings is 1. The van der Waals surface area contributed by atoms with Crippen molar-refractivity contribution in [3.05, 3.63) is 48.8 Å². The molecule has 7 nitrogen and oxygen atoms in total. The zero-order chi connectivity index (χ0) is 18.6. The topological polar surface area (TPSA) is 108 Å². The highest BCUT2D eigenvalue weighted by molar-refractivity contribution is 9.10. The number of carbonyl (C=O) groups excluding carboxylic acids is 2. The lowest BCUT2D eigenvalue weighted by Gasteiger charge is -2.29. The average molecular weight is 455 g/mol. The third kappa shape index (κ3) is 2.72. The van der Waals surface area contributed by atoms with Gasteiger partial charge in [0.1, 0.15) is 11.8 Å². The SMILES string of the molecule is O=C(O)CN1C(=O)C2Sc3[nH]c(=O)sc3[C@@H](c3ccc(Br)cc3)C2C1=O. The number of hydrogen-bond donors (Lipinski definition) is 2. The summed E-state index contributed by atoms with van der Waals surface area (Å²) in [7, 11) is 0. The summed E-state index contributed by atoms with van der Waals surface area (Å²) in [6.45, 7) is -0.650. The number of carboxylic acids is 1. The number of nitrogens with zero attached hydrogens (tertiary/aromatic N) is 1. The first kappa shape index (κ1) is 17.5. The van der Waals surface area contributed by atoms with E-state index in [1.54, 1.807) is 0 Å². The summed E-state index contributed by atoms with van der Waals surface area (Å²) < 4.78 is 0.867. The number of nitrogens with one attached hydrogen (secondary N) is 1. The molecule has 0 spiro atoms. The molecule has 0 aliphatic carbocycles. The van der Waals surface area contributed by atoms with Crippen molar-refractivity contribution in [2.45, 2.75) is 16.2 Å². The third-order valence-corrected chi connectivity index (χ3v) is 7.37. The number of aliphatic carboxylic acids is 1. The summed E-state index contributed by atoms with van der Waals surface area (Å²) in [5.41, 5.74) is 0.804. The fraction of sp³-hybridized carbons (Fsp3) is 0.250. The van der Waals surface area contributed by atoms with E-state index in [9.17, 15) is 19.2 Å². The molecule has 1 saturated heterocycles. The number of thioether (sulfide) groups is 1. The van der Waals surface area contributed by atoms with Gasteiger partial charge in [-0.1, -0.05) is 51.2 Å². The van der Waals surface area contributed by atoms with Crippen molar-refractivity contribution < 1.29 is 19.5 Å². The quantitative estimate of drug-likeness (QED) is 0.685. The Balaban J connectivity index is 1.85. The van der Waals surface area contributed by atoms with Gasteiger partial charge in [-0.05, 0) is 17.7 Å². The largest absolute Gasteiger partial charge is 0.480 e. The first-order chi connectivity index (χ1) is 12.4. The van der Waals surface area contributed by atoms with E-state index in [1.807, 2.05) is 24.3 Å². The fourth-order valence-electron chi connectivity index (χ4n) is 3.39. The minimum Gasteiger partial charge on any atom is -0.480 e. The van der Waals surface area contributed by atoms with Crippen LogP contribution < -0.4 is 4.87 Å². The van der Waals surface area contributed by atoms with Crippen LogP contribution in [0.1, 0.15) is 16.4 Å². The average Bonchev–Trinajstić information content (AvgIpc) is 3.06. The number of thiazole rings is 1. The van der Waals surface area contributed by atoms with E-state index in [2.05, 4.69) is 20.9 Å². The van der Waals surface area contributed by atoms with Crippen molar-refractivity contribution in [1.82, 2.24) is 9.88 Å². The van der Waals surface area contributed by atoms with Gasteiger partial charge in [0.2, 0.25) is 11.8 Å². The van der Waals surface area contributed by atoms with E-state index in [-0.39, 0.29) is 4.87 Å². The van der Waals surface area contributed by atoms with E-state index < -0.39 is 41.4 Å². The van der Waals surface area contributed by atoms with Crippen LogP contribution in [-0.2, 0) is 14.4 Å². The Labute approximate surface area is 163 Å². The van der Waals surface area contributed by atoms with Crippen LogP contribution in [0.2, 0.25) is 0 Å². The van der Waals surface area contributed by atoms with Crippen LogP contribution in [0.15, 0.2) is 38.6 Å². The van der Waals surface area contributed by atoms with E-state index in [1.165, 1.54) is 0 Å². The second-order valence-electron chi connectivity index (χ2n) is 5.96. The molecular weight excluding hydrogens is 444 g/mol. The lowest BCUT2D eigenvalue weighted by Crippen LogP contribution is -2.36. The number of carboxylic acid groups (broad SMARTS) is 1. The second kappa shape index (κ2) is 6.36. The molecule has 1 aromatic heterocycles. The second-order valence-corrected chi connectivity index (χ2v) is 9.04. The minimum atomic E-state index is -1.24. The number of aromatic amines is 1. The number of H-pyrrole nitrogens is 1. The summed E-state index contributed by atoms with van der Waals surface area (Å²) >= 11 is 5.52. The van der Waals surface area contributed by atoms with Crippen molar-refractivity contribution in [2.24, 2.45) is 5.92 Å². The molecular formula is C16H11BrN2O5S2. The molecule has 2 aromatic rings. The number of aromatic nitrogens is 1. The fourth-order valence-corrected chi connectivity index (χ4v) is 6.20. The maximum atomic E-state index is 12.9. The van der Waals surface area contributed by atoms with Crippen LogP contribution in [0.25, 0.3) is 0 Å². The Hall–Kier alpha value is -1.91. The van der Waals surface area contributed by atoms with Crippen molar-refractivity contribution in [3.8, 4) is 0 Å². The molecule has 3 heterocycles. The van der Waals surface area contributed by atoms with Crippen LogP contribution in [0.5, 0.6) is 0 Å². The molecule has 0 bridgehead atoms. The Bertz CT molecular complexity index is 983. The molecule has 1 fully saturated rings. The maximum absolute atomic E-state index is 12.9. The number of rotatable bonds is 3. The van der Waals surface area contributed by atoms with Gasteiger partial charge in [-0.25, -0.2) is 0 Å². The summed E-state index contributed by atoms with van der Waals surface area (Å²) in [6.07, 6.45) is 0. The smallest absolute Gasteiger partial charge is 0.323 e. The summed E-state index contributed by atoms with van der Waals surface area (Å²) in [6, 6.07) is 7.34. The van der Waals surface area contributed by atoms with Gasteiger partial charge in [0.05, 0.1) is 10.9 Å². The van der Waals surface area contributed by atoms with Crippen molar-refractivity contribution in [3.63, 3.8) is 0 Å². The minimum absolute atomic E-state index is 0.244. The monoisotopic (exact) mass is 454 g/mol. The zero-order valence-corrected chi connectivity index (χ0v) is 16.2. The van der Waals surface area contributed by atoms with Gasteiger partial charge in [-0.2, -0.15) is 0 Å². The Kier molecular flexibility index (Phi) is 4.28. The van der Waals surface area contributed by atoms with Crippen LogP contribution >= 0.6 is 39.0 Å². The van der Waals surface area contributed by atoms with E-state index in [0.29, 0.717) is 9.90 Å². The van der Waals surface area contributed by atoms with Crippen molar-refractivity contribution >= 4 is 56.8 Å². The highest BCUT2D eigenvalue weighted by Gasteiger charge is 2.56. The van der Waals surface area contributed by atoms with Gasteiger partial charge < -0.3 is 10.1 Å². The first-order valence-corrected chi connectivity index (χ1v) is 10.1. The summed E-state index contributed by atoms with van der Waals surface area (Å²) in [4.78, 5) is 52.5. The standard InChI is InChI=1S/C16H11BrN2O5S2/c17-7-3-1-6(2-4-7)9-10-12(25-13-11(9)26-16(24)18-13)15(23)19(14(10)22)5-8(20)21/h1-4,9-10,12H,5H2,(H,18,24)(H,20,21)/t9-,10?,12?/m0/s1. The van der Waals surface area contributed by atoms with Gasteiger partial charge in [-0.15, -0.1) is 0 Å². The number of likely N-dealkylation sites (tertiary alicyclic amines) is 1. The molecule has 3 atom stereocenters. The summed E-state index contributed by atoms with van der Waals surface area (Å²) in [5, 5.41) is 8.86. The lowest BCUT2D eigenvalue weighted by molar-refractivity contribution is -0.149. The molecule has 2 N–H and O–H groups in total. The number of carbonyl (C=O) groups is 3. The summed E-state index contributed by atoms with van der Waals surface area (Å²) in [5.74, 6) is -3.46. The molecule has 4 rings (SSSR count). The molecule has 2 aliphatic heterocycles. The van der Waals surface area contributed by atoms with E-state index in [4.69, 9.17) is 5.11 Å². The van der Waals surface area contributed by atoms with Gasteiger partial charge >= 0.3 is 10.8 Å². The van der Waals surface area contributed by atoms with Gasteiger partial charge in [0.15, 0.2) is 0 Å². The number of fused-ring (bicyclic) bond motifs is 2. The van der Waals surface area contributed by atoms with Crippen LogP contribution in [0.3, 0.4) is 0 Å². The highest BCUT2D eigenvalue weighted by atomic mass is 79.9. The molecule has 0 saturated carbocycles. The highest BCUT2D eigenvalue weighted by Crippen LogP contribution is 2.52. The lowest BCUT2D eigenvalue weighted by atomic mass is 9.83. The Morgan fingerprint density at radius 2 is 1.88 bits per heavy atom. The van der Waals surface area contributed by atoms with Gasteiger partial charge in [0, 0.05) is 15.3 Å². The Morgan fingerprint density at radius 1 is 1.19 bits per heavy atom. The van der Waals surface area contributed by atoms with Gasteiger partial charge in [0.25, 0.3) is 0 Å². The third-order valence-electron chi connectivity index (χ3n) is 4.44. The molecule has 1 aromatic carbocycles. The van der Waals surface area contributed by atoms with Crippen LogP contribution in [0, 0.1) is 5.92 Å². The molecule has 2 aliphatic rings. The van der Waals surface area contributed by atoms with Gasteiger partial charge in [-0.3, -0.25) is 24.1 Å². The molecule has 10 heteroatoms. The molecule has 26 heavy (non-hydrogen) atoms. The molecule has 2 unspecified atom stereocenters. The van der Waals surface area contributed by atoms with Crippen molar-refractivity contribution in [1.29, 1.82) is 0 Å². The predicted octanol–water partition coefficient (Wildman–Crippen LogP) is 1.87. The number of amides is 2. The normalized spacial score (nSPS) is 24.5. The Morgan fingerprint density at radius 3 is 2.54 bits per heavy atom. The molecule has 134 valence electrons. The van der Waals surface area contributed by atoms with E-state index >= 15 is 0 Å². The van der Waals surface area contributed by atoms with Crippen molar-refractivity contribution in [2.75, 3.05) is 6.54 Å². The van der Waals surface area contributed by atoms with Crippen LogP contribution in [-0.4, -0.2) is 44.6 Å². The number of imide groups is 1. The van der Waals surface area contributed by atoms with Crippen LogP contribution in [0.4, 0.5) is 0 Å². The molecule has 2 amide bonds. The predicted molar refractivity (Wildman–Crippen MR) is 98.4 cm³/mol. The maximum Gasteiger partial charge on any atom is 0.323 e. The number of halogens is 1. The van der Waals surface area contributed by atoms with E-state index in [0.717, 1.165) is 38.0 Å². The first-order valence-electron chi connectivity index (χ1n) is 7.59.